The Morgan fingerprint density at radius 3 is 1.09 bits per heavy atom. The molecule has 0 saturated heterocycles. The summed E-state index contributed by atoms with van der Waals surface area (Å²) in [5.74, 6) is 0.333. The molecule has 0 aliphatic carbocycles. The highest BCUT2D eigenvalue weighted by Gasteiger charge is 2.06. The minimum Gasteiger partial charge on any atom is -0.506 e. The van der Waals surface area contributed by atoms with E-state index in [-0.39, 0.29) is 11.5 Å². The molecule has 0 atom stereocenters. The van der Waals surface area contributed by atoms with Crippen LogP contribution in [0.25, 0.3) is 11.1 Å². The van der Waals surface area contributed by atoms with Crippen molar-refractivity contribution in [2.24, 2.45) is 9.98 Å². The Kier molecular flexibility index (Phi) is 8.03. The second-order valence-electron chi connectivity index (χ2n) is 7.28. The number of aromatic hydroxyl groups is 2. The van der Waals surface area contributed by atoms with Crippen molar-refractivity contribution in [2.45, 2.75) is 0 Å². The van der Waals surface area contributed by atoms with Gasteiger partial charge in [-0.25, -0.2) is 0 Å². The lowest BCUT2D eigenvalue weighted by Crippen LogP contribution is -1.83. The Hall–Kier alpha value is -2.26. The van der Waals surface area contributed by atoms with Gasteiger partial charge in [0.2, 0.25) is 0 Å². The van der Waals surface area contributed by atoms with Gasteiger partial charge in [0.1, 0.15) is 11.5 Å². The summed E-state index contributed by atoms with van der Waals surface area (Å²) in [5.41, 5.74) is 5.55. The molecule has 0 radical (unpaired) electrons. The Bertz CT molecular complexity index is 1240. The fourth-order valence-corrected chi connectivity index (χ4v) is 5.54. The van der Waals surface area contributed by atoms with E-state index in [1.165, 1.54) is 0 Å². The fourth-order valence-electron chi connectivity index (χ4n) is 3.10. The normalized spacial score (nSPS) is 11.5. The third-order valence-corrected chi connectivity index (χ3v) is 7.29. The molecule has 8 heteroatoms. The molecule has 0 spiro atoms. The largest absolute Gasteiger partial charge is 0.506 e. The van der Waals surface area contributed by atoms with Gasteiger partial charge in [0, 0.05) is 12.4 Å². The van der Waals surface area contributed by atoms with Crippen LogP contribution in [-0.2, 0) is 0 Å². The number of hydrogen-bond acceptors (Lipinski definition) is 4. The van der Waals surface area contributed by atoms with Gasteiger partial charge < -0.3 is 10.2 Å². The summed E-state index contributed by atoms with van der Waals surface area (Å²) < 4.78 is 2.43. The SMILES string of the molecule is Oc1c(Br)cc(C=Nc2ccc(-c3ccc(N=Cc4cc(Br)c(O)c(Br)c4)cc3)cc2)cc1Br. The lowest BCUT2D eigenvalue weighted by atomic mass is 10.1. The Morgan fingerprint density at radius 2 is 0.794 bits per heavy atom. The van der Waals surface area contributed by atoms with E-state index in [9.17, 15) is 10.2 Å². The van der Waals surface area contributed by atoms with Crippen LogP contribution < -0.4 is 0 Å². The lowest BCUT2D eigenvalue weighted by Gasteiger charge is -2.04. The minimum atomic E-state index is 0.166. The Balaban J connectivity index is 1.45. The Labute approximate surface area is 230 Å². The average molecular weight is 708 g/mol. The van der Waals surface area contributed by atoms with Crippen molar-refractivity contribution >= 4 is 87.5 Å². The first-order valence-corrected chi connectivity index (χ1v) is 13.1. The van der Waals surface area contributed by atoms with Crippen LogP contribution in [0, 0.1) is 0 Å². The fraction of sp³-hybridized carbons (Fsp3) is 0. The second-order valence-corrected chi connectivity index (χ2v) is 10.7. The zero-order valence-corrected chi connectivity index (χ0v) is 23.7. The summed E-state index contributed by atoms with van der Waals surface area (Å²) in [5, 5.41) is 19.7. The maximum atomic E-state index is 9.83. The third-order valence-electron chi connectivity index (χ3n) is 4.87. The number of halogens is 4. The maximum absolute atomic E-state index is 9.83. The van der Waals surface area contributed by atoms with Crippen molar-refractivity contribution in [2.75, 3.05) is 0 Å². The zero-order chi connectivity index (χ0) is 24.2. The molecule has 0 aliphatic rings. The summed E-state index contributed by atoms with van der Waals surface area (Å²) in [6.07, 6.45) is 3.50. The number of nitrogens with zero attached hydrogens (tertiary/aromatic N) is 2. The van der Waals surface area contributed by atoms with E-state index in [1.54, 1.807) is 36.7 Å². The molecular weight excluding hydrogens is 692 g/mol. The van der Waals surface area contributed by atoms with Gasteiger partial charge in [0.15, 0.2) is 0 Å². The number of benzene rings is 4. The second kappa shape index (κ2) is 11.0. The monoisotopic (exact) mass is 704 g/mol. The standard InChI is InChI=1S/C26H16Br4N2O2/c27-21-9-15(10-22(28)25(21)33)13-31-19-5-1-17(2-6-19)18-3-7-20(8-4-18)32-14-16-11-23(29)26(34)24(30)12-16/h1-14,33-34H. The molecule has 0 saturated carbocycles. The van der Waals surface area contributed by atoms with Gasteiger partial charge in [0.05, 0.1) is 29.3 Å². The van der Waals surface area contributed by atoms with E-state index >= 15 is 0 Å². The van der Waals surface area contributed by atoms with Crippen LogP contribution in [-0.4, -0.2) is 22.6 Å². The number of phenolic OH excluding ortho intramolecular Hbond substituents is 2. The molecule has 0 aromatic heterocycles. The molecule has 4 nitrogen and oxygen atoms in total. The van der Waals surface area contributed by atoms with Crippen molar-refractivity contribution in [1.82, 2.24) is 0 Å². The van der Waals surface area contributed by atoms with Gasteiger partial charge in [-0.3, -0.25) is 9.98 Å². The molecule has 4 rings (SSSR count). The molecule has 0 unspecified atom stereocenters. The topological polar surface area (TPSA) is 65.2 Å². The molecule has 0 aliphatic heterocycles. The predicted molar refractivity (Wildman–Crippen MR) is 153 cm³/mol. The first-order chi connectivity index (χ1) is 16.3. The molecule has 4 aromatic rings. The highest BCUT2D eigenvalue weighted by atomic mass is 79.9. The summed E-state index contributed by atoms with van der Waals surface area (Å²) in [4.78, 5) is 9.04. The summed E-state index contributed by atoms with van der Waals surface area (Å²) >= 11 is 13.3. The van der Waals surface area contributed by atoms with Crippen molar-refractivity contribution in [3.8, 4) is 22.6 Å². The van der Waals surface area contributed by atoms with Gasteiger partial charge in [-0.15, -0.1) is 0 Å². The zero-order valence-electron chi connectivity index (χ0n) is 17.4. The molecule has 170 valence electrons. The molecule has 0 bridgehead atoms. The van der Waals surface area contributed by atoms with Crippen LogP contribution in [0.4, 0.5) is 11.4 Å². The summed E-state index contributed by atoms with van der Waals surface area (Å²) in [7, 11) is 0. The summed E-state index contributed by atoms with van der Waals surface area (Å²) in [6.45, 7) is 0. The van der Waals surface area contributed by atoms with E-state index in [1.807, 2.05) is 48.5 Å². The van der Waals surface area contributed by atoms with Crippen LogP contribution in [0.1, 0.15) is 11.1 Å². The first kappa shape index (κ1) is 24.9. The van der Waals surface area contributed by atoms with Crippen molar-refractivity contribution in [1.29, 1.82) is 0 Å². The number of hydrogen-bond donors (Lipinski definition) is 2. The van der Waals surface area contributed by atoms with Crippen LogP contribution >= 0.6 is 63.7 Å². The third kappa shape index (κ3) is 6.05. The van der Waals surface area contributed by atoms with Crippen LogP contribution in [0.3, 0.4) is 0 Å². The van der Waals surface area contributed by atoms with Gasteiger partial charge in [0.25, 0.3) is 0 Å². The van der Waals surface area contributed by atoms with Gasteiger partial charge >= 0.3 is 0 Å². The van der Waals surface area contributed by atoms with Crippen LogP contribution in [0.5, 0.6) is 11.5 Å². The number of aliphatic imine (C=N–C) groups is 2. The van der Waals surface area contributed by atoms with E-state index in [4.69, 9.17) is 0 Å². The quantitative estimate of drug-likeness (QED) is 0.203. The molecule has 34 heavy (non-hydrogen) atoms. The first-order valence-electron chi connectivity index (χ1n) is 9.95. The average Bonchev–Trinajstić information content (AvgIpc) is 2.83. The molecule has 0 amide bonds. The van der Waals surface area contributed by atoms with Crippen molar-refractivity contribution in [3.05, 3.63) is 102 Å². The minimum absolute atomic E-state index is 0.166. The van der Waals surface area contributed by atoms with Crippen LogP contribution in [0.15, 0.2) is 101 Å². The smallest absolute Gasteiger partial charge is 0.143 e. The maximum Gasteiger partial charge on any atom is 0.143 e. The lowest BCUT2D eigenvalue weighted by molar-refractivity contribution is 0.468. The number of phenols is 2. The van der Waals surface area contributed by atoms with Crippen molar-refractivity contribution < 1.29 is 10.2 Å². The molecular formula is C26H16Br4N2O2. The van der Waals surface area contributed by atoms with E-state index < -0.39 is 0 Å². The van der Waals surface area contributed by atoms with E-state index in [0.29, 0.717) is 17.9 Å². The molecule has 0 fully saturated rings. The van der Waals surface area contributed by atoms with E-state index in [2.05, 4.69) is 73.7 Å². The highest BCUT2D eigenvalue weighted by molar-refractivity contribution is 9.11. The molecule has 4 aromatic carbocycles. The van der Waals surface area contributed by atoms with Gasteiger partial charge in [-0.1, -0.05) is 24.3 Å². The van der Waals surface area contributed by atoms with E-state index in [0.717, 1.165) is 33.6 Å². The predicted octanol–water partition coefficient (Wildman–Crippen LogP) is 9.32. The molecule has 2 N–H and O–H groups in total. The highest BCUT2D eigenvalue weighted by Crippen LogP contribution is 2.34. The van der Waals surface area contributed by atoms with Gasteiger partial charge in [-0.05, 0) is 135 Å². The van der Waals surface area contributed by atoms with Crippen LogP contribution in [0.2, 0.25) is 0 Å². The molecule has 0 heterocycles. The summed E-state index contributed by atoms with van der Waals surface area (Å²) in [6, 6.07) is 23.2. The Morgan fingerprint density at radius 1 is 0.500 bits per heavy atom. The van der Waals surface area contributed by atoms with Crippen molar-refractivity contribution in [3.63, 3.8) is 0 Å². The number of rotatable bonds is 5. The van der Waals surface area contributed by atoms with Gasteiger partial charge in [-0.2, -0.15) is 0 Å².